The lowest BCUT2D eigenvalue weighted by atomic mass is 10.1. The van der Waals surface area contributed by atoms with Crippen LogP contribution >= 0.6 is 0 Å². The first kappa shape index (κ1) is 13.2. The predicted octanol–water partition coefficient (Wildman–Crippen LogP) is 2.11. The summed E-state index contributed by atoms with van der Waals surface area (Å²) in [6, 6.07) is 8.16. The first-order chi connectivity index (χ1) is 9.79. The molecule has 3 rings (SSSR count). The van der Waals surface area contributed by atoms with Gasteiger partial charge in [-0.1, -0.05) is 12.1 Å². The van der Waals surface area contributed by atoms with Gasteiger partial charge >= 0.3 is 0 Å². The summed E-state index contributed by atoms with van der Waals surface area (Å²) in [5, 5.41) is 1.15. The number of hydrogen-bond donors (Lipinski definition) is 1. The predicted molar refractivity (Wildman–Crippen MR) is 80.3 cm³/mol. The van der Waals surface area contributed by atoms with Gasteiger partial charge in [0, 0.05) is 36.7 Å². The van der Waals surface area contributed by atoms with Gasteiger partial charge in [-0.3, -0.25) is 4.79 Å². The number of nitrogens with zero attached hydrogens (tertiary/aromatic N) is 2. The second-order valence-corrected chi connectivity index (χ2v) is 5.44. The number of rotatable bonds is 3. The molecule has 0 spiro atoms. The summed E-state index contributed by atoms with van der Waals surface area (Å²) in [5.74, 6) is 0.223. The molecule has 2 heterocycles. The van der Waals surface area contributed by atoms with E-state index in [-0.39, 0.29) is 5.91 Å². The van der Waals surface area contributed by atoms with Gasteiger partial charge in [-0.05, 0) is 37.0 Å². The van der Waals surface area contributed by atoms with E-state index in [0.29, 0.717) is 13.1 Å². The molecule has 1 fully saturated rings. The van der Waals surface area contributed by atoms with Crippen molar-refractivity contribution in [2.45, 2.75) is 32.4 Å². The summed E-state index contributed by atoms with van der Waals surface area (Å²) < 4.78 is 2.03. The highest BCUT2D eigenvalue weighted by atomic mass is 16.2. The molecule has 0 atom stereocenters. The summed E-state index contributed by atoms with van der Waals surface area (Å²) in [5.41, 5.74) is 7.99. The Hall–Kier alpha value is -1.81. The monoisotopic (exact) mass is 271 g/mol. The Balaban J connectivity index is 1.82. The maximum Gasteiger partial charge on any atom is 0.242 e. The number of amides is 1. The topological polar surface area (TPSA) is 51.3 Å². The summed E-state index contributed by atoms with van der Waals surface area (Å²) in [6.07, 6.45) is 5.51. The average molecular weight is 271 g/mol. The fourth-order valence-electron chi connectivity index (χ4n) is 2.99. The van der Waals surface area contributed by atoms with Gasteiger partial charge in [-0.15, -0.1) is 0 Å². The number of benzene rings is 1. The lowest BCUT2D eigenvalue weighted by molar-refractivity contribution is -0.132. The van der Waals surface area contributed by atoms with Crippen molar-refractivity contribution in [3.8, 4) is 0 Å². The Morgan fingerprint density at radius 1 is 1.15 bits per heavy atom. The van der Waals surface area contributed by atoms with Crippen LogP contribution in [0.3, 0.4) is 0 Å². The van der Waals surface area contributed by atoms with Gasteiger partial charge in [0.15, 0.2) is 0 Å². The molecular weight excluding hydrogens is 250 g/mol. The van der Waals surface area contributed by atoms with E-state index in [1.165, 1.54) is 6.42 Å². The third-order valence-electron chi connectivity index (χ3n) is 4.14. The molecule has 1 aliphatic rings. The van der Waals surface area contributed by atoms with Crippen LogP contribution in [-0.4, -0.2) is 28.5 Å². The largest absolute Gasteiger partial charge is 0.341 e. The van der Waals surface area contributed by atoms with Gasteiger partial charge in [0.05, 0.1) is 0 Å². The Kier molecular flexibility index (Phi) is 3.74. The number of fused-ring (bicyclic) bond motifs is 1. The van der Waals surface area contributed by atoms with Crippen LogP contribution in [0.15, 0.2) is 30.5 Å². The molecule has 1 amide bonds. The lowest BCUT2D eigenvalue weighted by Crippen LogP contribution is -2.37. The molecule has 1 aromatic heterocycles. The Bertz CT molecular complexity index is 611. The molecule has 1 saturated heterocycles. The maximum atomic E-state index is 12.3. The van der Waals surface area contributed by atoms with Crippen molar-refractivity contribution in [1.82, 2.24) is 9.47 Å². The van der Waals surface area contributed by atoms with E-state index in [9.17, 15) is 4.79 Å². The zero-order valence-corrected chi connectivity index (χ0v) is 11.7. The van der Waals surface area contributed by atoms with E-state index in [1.54, 1.807) is 0 Å². The lowest BCUT2D eigenvalue weighted by Gasteiger charge is -2.27. The fourth-order valence-corrected chi connectivity index (χ4v) is 2.99. The van der Waals surface area contributed by atoms with Crippen molar-refractivity contribution in [1.29, 1.82) is 0 Å². The third kappa shape index (κ3) is 2.43. The van der Waals surface area contributed by atoms with Crippen molar-refractivity contribution in [3.63, 3.8) is 0 Å². The minimum Gasteiger partial charge on any atom is -0.341 e. The van der Waals surface area contributed by atoms with E-state index in [1.807, 2.05) is 27.8 Å². The molecule has 4 heteroatoms. The van der Waals surface area contributed by atoms with Crippen molar-refractivity contribution in [2.24, 2.45) is 5.73 Å². The number of aromatic nitrogens is 1. The first-order valence-corrected chi connectivity index (χ1v) is 7.34. The number of hydrogen-bond acceptors (Lipinski definition) is 2. The van der Waals surface area contributed by atoms with Crippen molar-refractivity contribution >= 4 is 16.8 Å². The van der Waals surface area contributed by atoms with Gasteiger partial charge in [0.1, 0.15) is 6.54 Å². The van der Waals surface area contributed by atoms with Crippen LogP contribution in [-0.2, 0) is 17.9 Å². The van der Waals surface area contributed by atoms with E-state index in [4.69, 9.17) is 5.73 Å². The second kappa shape index (κ2) is 5.67. The Morgan fingerprint density at radius 2 is 1.95 bits per heavy atom. The van der Waals surface area contributed by atoms with Crippen molar-refractivity contribution in [3.05, 3.63) is 36.0 Å². The van der Waals surface area contributed by atoms with Crippen LogP contribution in [0.1, 0.15) is 24.8 Å². The molecule has 0 unspecified atom stereocenters. The summed E-state index contributed by atoms with van der Waals surface area (Å²) in [6.45, 7) is 2.77. The fraction of sp³-hybridized carbons (Fsp3) is 0.438. The molecule has 0 aliphatic carbocycles. The van der Waals surface area contributed by atoms with Crippen LogP contribution in [0.2, 0.25) is 0 Å². The quantitative estimate of drug-likeness (QED) is 0.929. The zero-order chi connectivity index (χ0) is 13.9. The normalized spacial score (nSPS) is 15.8. The van der Waals surface area contributed by atoms with E-state index < -0.39 is 0 Å². The van der Waals surface area contributed by atoms with Crippen molar-refractivity contribution in [2.75, 3.05) is 13.1 Å². The average Bonchev–Trinajstić information content (AvgIpc) is 2.91. The second-order valence-electron chi connectivity index (χ2n) is 5.44. The van der Waals surface area contributed by atoms with Gasteiger partial charge in [0.2, 0.25) is 5.91 Å². The standard InChI is InChI=1S/C16H21N3O/c17-11-13-5-4-6-15-14(13)7-10-19(15)12-16(20)18-8-2-1-3-9-18/h4-7,10H,1-3,8-9,11-12,17H2. The van der Waals surface area contributed by atoms with Crippen LogP contribution < -0.4 is 5.73 Å². The van der Waals surface area contributed by atoms with Gasteiger partial charge in [-0.2, -0.15) is 0 Å². The van der Waals surface area contributed by atoms with Gasteiger partial charge in [-0.25, -0.2) is 0 Å². The molecule has 0 saturated carbocycles. The number of likely N-dealkylation sites (tertiary alicyclic amines) is 1. The Labute approximate surface area is 119 Å². The third-order valence-corrected chi connectivity index (χ3v) is 4.14. The highest BCUT2D eigenvalue weighted by molar-refractivity contribution is 5.86. The minimum absolute atomic E-state index is 0.223. The molecule has 1 aliphatic heterocycles. The van der Waals surface area contributed by atoms with Crippen molar-refractivity contribution < 1.29 is 4.79 Å². The van der Waals surface area contributed by atoms with Crippen LogP contribution in [0, 0.1) is 0 Å². The number of carbonyl (C=O) groups is 1. The molecule has 2 N–H and O–H groups in total. The number of nitrogens with two attached hydrogens (primary N) is 1. The molecular formula is C16H21N3O. The van der Waals surface area contributed by atoms with Gasteiger partial charge < -0.3 is 15.2 Å². The zero-order valence-electron chi connectivity index (χ0n) is 11.7. The smallest absolute Gasteiger partial charge is 0.242 e. The first-order valence-electron chi connectivity index (χ1n) is 7.34. The van der Waals surface area contributed by atoms with Crippen LogP contribution in [0.4, 0.5) is 0 Å². The Morgan fingerprint density at radius 3 is 2.70 bits per heavy atom. The molecule has 20 heavy (non-hydrogen) atoms. The summed E-state index contributed by atoms with van der Waals surface area (Å²) >= 11 is 0. The number of piperidine rings is 1. The summed E-state index contributed by atoms with van der Waals surface area (Å²) in [7, 11) is 0. The highest BCUT2D eigenvalue weighted by Gasteiger charge is 2.17. The molecule has 1 aromatic carbocycles. The molecule has 106 valence electrons. The van der Waals surface area contributed by atoms with Gasteiger partial charge in [0.25, 0.3) is 0 Å². The molecule has 4 nitrogen and oxygen atoms in total. The van der Waals surface area contributed by atoms with E-state index in [2.05, 4.69) is 12.1 Å². The minimum atomic E-state index is 0.223. The molecule has 2 aromatic rings. The molecule has 0 bridgehead atoms. The number of carbonyl (C=O) groups excluding carboxylic acids is 1. The maximum absolute atomic E-state index is 12.3. The van der Waals surface area contributed by atoms with Crippen LogP contribution in [0.25, 0.3) is 10.9 Å². The summed E-state index contributed by atoms with van der Waals surface area (Å²) in [4.78, 5) is 14.3. The SMILES string of the molecule is NCc1cccc2c1ccn2CC(=O)N1CCCCC1. The molecule has 0 radical (unpaired) electrons. The van der Waals surface area contributed by atoms with E-state index in [0.717, 1.165) is 42.4 Å². The van der Waals surface area contributed by atoms with Crippen LogP contribution in [0.5, 0.6) is 0 Å². The highest BCUT2D eigenvalue weighted by Crippen LogP contribution is 2.20. The van der Waals surface area contributed by atoms with E-state index >= 15 is 0 Å².